The van der Waals surface area contributed by atoms with Gasteiger partial charge in [0.1, 0.15) is 11.5 Å². The van der Waals surface area contributed by atoms with E-state index in [9.17, 15) is 5.11 Å². The fraction of sp³-hybridized carbons (Fsp3) is 0.600. The molecule has 1 aromatic carbocycles. The molecule has 0 heterocycles. The van der Waals surface area contributed by atoms with Crippen LogP contribution in [-0.4, -0.2) is 12.2 Å². The monoisotopic (exact) mass is 236 g/mol. The van der Waals surface area contributed by atoms with Crippen LogP contribution in [0.2, 0.25) is 0 Å². The number of aromatic hydroxyl groups is 1. The summed E-state index contributed by atoms with van der Waals surface area (Å²) in [6.45, 7) is 11.0. The van der Waals surface area contributed by atoms with Crippen LogP contribution >= 0.6 is 0 Å². The van der Waals surface area contributed by atoms with Crippen LogP contribution in [0.1, 0.15) is 46.6 Å². The highest BCUT2D eigenvalue weighted by molar-refractivity contribution is 5.43. The van der Waals surface area contributed by atoms with E-state index >= 15 is 0 Å². The molecule has 0 bridgehead atoms. The fourth-order valence-corrected chi connectivity index (χ4v) is 2.61. The summed E-state index contributed by atoms with van der Waals surface area (Å²) in [7, 11) is 1.65. The molecule has 0 radical (unpaired) electrons. The number of methoxy groups -OCH3 is 1. The highest BCUT2D eigenvalue weighted by atomic mass is 16.5. The van der Waals surface area contributed by atoms with Gasteiger partial charge in [0.25, 0.3) is 0 Å². The minimum Gasteiger partial charge on any atom is -0.508 e. The van der Waals surface area contributed by atoms with Gasteiger partial charge < -0.3 is 9.84 Å². The van der Waals surface area contributed by atoms with Crippen LogP contribution in [0.25, 0.3) is 0 Å². The van der Waals surface area contributed by atoms with Crippen LogP contribution in [0.15, 0.2) is 18.2 Å². The lowest BCUT2D eigenvalue weighted by molar-refractivity contribution is 0.277. The van der Waals surface area contributed by atoms with Gasteiger partial charge in [0.2, 0.25) is 0 Å². The zero-order valence-electron chi connectivity index (χ0n) is 11.8. The summed E-state index contributed by atoms with van der Waals surface area (Å²) >= 11 is 0. The molecule has 0 fully saturated rings. The highest BCUT2D eigenvalue weighted by Gasteiger charge is 2.29. The third-order valence-electron chi connectivity index (χ3n) is 2.91. The second-order valence-corrected chi connectivity index (χ2v) is 6.50. The Kier molecular flexibility index (Phi) is 3.75. The standard InChI is InChI=1S/C15H24O2/c1-14(2,3)10-15(4,5)12-9-11(17-6)7-8-13(12)16/h7-9,16H,10H2,1-6H3. The molecule has 0 amide bonds. The number of hydrogen-bond acceptors (Lipinski definition) is 2. The van der Waals surface area contributed by atoms with Crippen LogP contribution < -0.4 is 4.74 Å². The van der Waals surface area contributed by atoms with Crippen molar-refractivity contribution in [2.75, 3.05) is 7.11 Å². The minimum atomic E-state index is -0.0725. The van der Waals surface area contributed by atoms with Crippen molar-refractivity contribution in [2.45, 2.75) is 46.5 Å². The summed E-state index contributed by atoms with van der Waals surface area (Å²) in [4.78, 5) is 0. The van der Waals surface area contributed by atoms with E-state index in [0.29, 0.717) is 5.75 Å². The van der Waals surface area contributed by atoms with E-state index in [4.69, 9.17) is 4.74 Å². The maximum absolute atomic E-state index is 10.0. The second kappa shape index (κ2) is 4.59. The molecule has 1 aromatic rings. The van der Waals surface area contributed by atoms with E-state index in [1.54, 1.807) is 19.2 Å². The first-order valence-corrected chi connectivity index (χ1v) is 6.03. The SMILES string of the molecule is COc1ccc(O)c(C(C)(C)CC(C)(C)C)c1. The van der Waals surface area contributed by atoms with Gasteiger partial charge in [0.05, 0.1) is 7.11 Å². The van der Waals surface area contributed by atoms with Crippen molar-refractivity contribution >= 4 is 0 Å². The number of rotatable bonds is 3. The molecular weight excluding hydrogens is 212 g/mol. The Labute approximate surface area is 105 Å². The Hall–Kier alpha value is -1.18. The highest BCUT2D eigenvalue weighted by Crippen LogP contribution is 2.41. The van der Waals surface area contributed by atoms with Crippen molar-refractivity contribution in [3.63, 3.8) is 0 Å². The van der Waals surface area contributed by atoms with Crippen molar-refractivity contribution < 1.29 is 9.84 Å². The Morgan fingerprint density at radius 1 is 1.12 bits per heavy atom. The van der Waals surface area contributed by atoms with E-state index in [1.165, 1.54) is 0 Å². The molecule has 0 spiro atoms. The van der Waals surface area contributed by atoms with Crippen molar-refractivity contribution in [2.24, 2.45) is 5.41 Å². The fourth-order valence-electron chi connectivity index (χ4n) is 2.61. The molecule has 0 aliphatic rings. The molecule has 0 atom stereocenters. The van der Waals surface area contributed by atoms with E-state index < -0.39 is 0 Å². The Morgan fingerprint density at radius 2 is 1.71 bits per heavy atom. The maximum atomic E-state index is 10.0. The second-order valence-electron chi connectivity index (χ2n) is 6.50. The van der Waals surface area contributed by atoms with Gasteiger partial charge in [-0.05, 0) is 35.4 Å². The number of phenolic OH excluding ortho intramolecular Hbond substituents is 1. The van der Waals surface area contributed by atoms with Crippen LogP contribution in [0.5, 0.6) is 11.5 Å². The summed E-state index contributed by atoms with van der Waals surface area (Å²) in [5.41, 5.74) is 1.10. The molecule has 17 heavy (non-hydrogen) atoms. The molecule has 0 aliphatic heterocycles. The third kappa shape index (κ3) is 3.65. The van der Waals surface area contributed by atoms with Crippen molar-refractivity contribution in [3.8, 4) is 11.5 Å². The molecule has 0 unspecified atom stereocenters. The van der Waals surface area contributed by atoms with Gasteiger partial charge in [0, 0.05) is 5.56 Å². The number of benzene rings is 1. The first kappa shape index (κ1) is 13.9. The van der Waals surface area contributed by atoms with Crippen LogP contribution in [0, 0.1) is 5.41 Å². The lowest BCUT2D eigenvalue weighted by Crippen LogP contribution is -2.24. The molecule has 0 aliphatic carbocycles. The van der Waals surface area contributed by atoms with Crippen LogP contribution in [0.3, 0.4) is 0 Å². The van der Waals surface area contributed by atoms with Gasteiger partial charge in [-0.2, -0.15) is 0 Å². The number of hydrogen-bond donors (Lipinski definition) is 1. The molecule has 0 saturated heterocycles. The zero-order chi connectivity index (χ0) is 13.3. The van der Waals surface area contributed by atoms with E-state index in [2.05, 4.69) is 34.6 Å². The predicted molar refractivity (Wildman–Crippen MR) is 71.8 cm³/mol. The lowest BCUT2D eigenvalue weighted by Gasteiger charge is -2.33. The van der Waals surface area contributed by atoms with E-state index in [0.717, 1.165) is 17.7 Å². The largest absolute Gasteiger partial charge is 0.508 e. The molecule has 0 aromatic heterocycles. The van der Waals surface area contributed by atoms with Gasteiger partial charge in [-0.25, -0.2) is 0 Å². The summed E-state index contributed by atoms with van der Waals surface area (Å²) in [6, 6.07) is 5.42. The molecule has 2 nitrogen and oxygen atoms in total. The number of ether oxygens (including phenoxy) is 1. The molecular formula is C15H24O2. The summed E-state index contributed by atoms with van der Waals surface area (Å²) in [5.74, 6) is 1.14. The minimum absolute atomic E-state index is 0.0725. The van der Waals surface area contributed by atoms with Crippen LogP contribution in [-0.2, 0) is 5.41 Å². The predicted octanol–water partition coefficient (Wildman–Crippen LogP) is 4.11. The first-order chi connectivity index (χ1) is 7.65. The quantitative estimate of drug-likeness (QED) is 0.855. The molecule has 0 saturated carbocycles. The maximum Gasteiger partial charge on any atom is 0.119 e. The Morgan fingerprint density at radius 3 is 2.18 bits per heavy atom. The molecule has 2 heteroatoms. The smallest absolute Gasteiger partial charge is 0.119 e. The van der Waals surface area contributed by atoms with Crippen molar-refractivity contribution in [1.29, 1.82) is 0 Å². The third-order valence-corrected chi connectivity index (χ3v) is 2.91. The van der Waals surface area contributed by atoms with Gasteiger partial charge in [0.15, 0.2) is 0 Å². The Bertz CT molecular complexity index is 386. The molecule has 1 N–H and O–H groups in total. The Balaban J connectivity index is 3.13. The average molecular weight is 236 g/mol. The molecule has 96 valence electrons. The summed E-state index contributed by atoms with van der Waals surface area (Å²) < 4.78 is 5.22. The summed E-state index contributed by atoms with van der Waals surface area (Å²) in [5, 5.41) is 10.0. The normalized spacial score (nSPS) is 12.6. The van der Waals surface area contributed by atoms with Crippen molar-refractivity contribution in [3.05, 3.63) is 23.8 Å². The van der Waals surface area contributed by atoms with E-state index in [-0.39, 0.29) is 10.8 Å². The average Bonchev–Trinajstić information content (AvgIpc) is 2.14. The van der Waals surface area contributed by atoms with E-state index in [1.807, 2.05) is 6.07 Å². The van der Waals surface area contributed by atoms with Gasteiger partial charge >= 0.3 is 0 Å². The number of phenols is 1. The van der Waals surface area contributed by atoms with Gasteiger partial charge in [-0.1, -0.05) is 34.6 Å². The molecule has 1 rings (SSSR count). The first-order valence-electron chi connectivity index (χ1n) is 6.03. The van der Waals surface area contributed by atoms with Gasteiger partial charge in [-0.15, -0.1) is 0 Å². The zero-order valence-corrected chi connectivity index (χ0v) is 11.8. The van der Waals surface area contributed by atoms with Crippen molar-refractivity contribution in [1.82, 2.24) is 0 Å². The van der Waals surface area contributed by atoms with Crippen LogP contribution in [0.4, 0.5) is 0 Å². The topological polar surface area (TPSA) is 29.5 Å². The summed E-state index contributed by atoms with van der Waals surface area (Å²) in [6.07, 6.45) is 1.00. The van der Waals surface area contributed by atoms with Gasteiger partial charge in [-0.3, -0.25) is 0 Å². The lowest BCUT2D eigenvalue weighted by atomic mass is 9.72.